The fourth-order valence-corrected chi connectivity index (χ4v) is 3.06. The minimum Gasteiger partial charge on any atom is -0.381 e. The molecular formula is C22H38IN3O3. The summed E-state index contributed by atoms with van der Waals surface area (Å²) in [6, 6.07) is 10.3. The largest absolute Gasteiger partial charge is 0.381 e. The molecule has 0 bridgehead atoms. The highest BCUT2D eigenvalue weighted by Gasteiger charge is 2.13. The highest BCUT2D eigenvalue weighted by atomic mass is 127. The first kappa shape index (κ1) is 26.1. The lowest BCUT2D eigenvalue weighted by Gasteiger charge is -2.21. The number of hydrogen-bond acceptors (Lipinski definition) is 4. The summed E-state index contributed by atoms with van der Waals surface area (Å²) < 4.78 is 16.9. The van der Waals surface area contributed by atoms with Crippen LogP contribution in [0.1, 0.15) is 37.7 Å². The van der Waals surface area contributed by atoms with E-state index in [4.69, 9.17) is 14.2 Å². The summed E-state index contributed by atoms with van der Waals surface area (Å²) in [5.74, 6) is 1.53. The highest BCUT2D eigenvalue weighted by molar-refractivity contribution is 14.0. The molecule has 1 aliphatic heterocycles. The van der Waals surface area contributed by atoms with Gasteiger partial charge in [-0.1, -0.05) is 30.3 Å². The number of benzene rings is 1. The SMILES string of the molecule is CN=C(NCCCCOCc1ccccc1)NCCCOCC1CCOCC1.I. The third kappa shape index (κ3) is 13.1. The molecule has 0 spiro atoms. The zero-order valence-electron chi connectivity index (χ0n) is 17.7. The normalized spacial score (nSPS) is 15.0. The molecule has 7 heteroatoms. The van der Waals surface area contributed by atoms with Crippen molar-refractivity contribution < 1.29 is 14.2 Å². The van der Waals surface area contributed by atoms with Gasteiger partial charge in [0, 0.05) is 53.2 Å². The second-order valence-corrected chi connectivity index (χ2v) is 7.16. The van der Waals surface area contributed by atoms with Gasteiger partial charge in [0.05, 0.1) is 6.61 Å². The van der Waals surface area contributed by atoms with Gasteiger partial charge in [0.15, 0.2) is 5.96 Å². The Labute approximate surface area is 193 Å². The molecule has 2 rings (SSSR count). The lowest BCUT2D eigenvalue weighted by Crippen LogP contribution is -2.38. The average Bonchev–Trinajstić information content (AvgIpc) is 2.75. The molecule has 0 radical (unpaired) electrons. The Morgan fingerprint density at radius 3 is 2.41 bits per heavy atom. The number of hydrogen-bond donors (Lipinski definition) is 2. The molecule has 1 heterocycles. The summed E-state index contributed by atoms with van der Waals surface area (Å²) in [7, 11) is 1.81. The minimum atomic E-state index is 0. The van der Waals surface area contributed by atoms with Crippen molar-refractivity contribution in [3.63, 3.8) is 0 Å². The molecular weight excluding hydrogens is 481 g/mol. The van der Waals surface area contributed by atoms with Gasteiger partial charge in [-0.15, -0.1) is 24.0 Å². The van der Waals surface area contributed by atoms with E-state index < -0.39 is 0 Å². The number of guanidine groups is 1. The van der Waals surface area contributed by atoms with Gasteiger partial charge in [-0.05, 0) is 43.6 Å². The van der Waals surface area contributed by atoms with Crippen LogP contribution in [-0.4, -0.2) is 59.1 Å². The van der Waals surface area contributed by atoms with Gasteiger partial charge >= 0.3 is 0 Å². The zero-order chi connectivity index (χ0) is 19.7. The molecule has 0 unspecified atom stereocenters. The summed E-state index contributed by atoms with van der Waals surface area (Å²) in [4.78, 5) is 4.26. The smallest absolute Gasteiger partial charge is 0.190 e. The van der Waals surface area contributed by atoms with E-state index >= 15 is 0 Å². The number of ether oxygens (including phenoxy) is 3. The number of unbranched alkanes of at least 4 members (excludes halogenated alkanes) is 1. The average molecular weight is 519 g/mol. The predicted molar refractivity (Wildman–Crippen MR) is 129 cm³/mol. The van der Waals surface area contributed by atoms with Crippen LogP contribution in [0.4, 0.5) is 0 Å². The van der Waals surface area contributed by atoms with E-state index in [1.807, 2.05) is 18.2 Å². The molecule has 0 saturated carbocycles. The van der Waals surface area contributed by atoms with Crippen molar-refractivity contribution in [2.75, 3.05) is 53.2 Å². The maximum atomic E-state index is 5.79. The van der Waals surface area contributed by atoms with E-state index in [0.717, 1.165) is 84.2 Å². The third-order valence-electron chi connectivity index (χ3n) is 4.80. The van der Waals surface area contributed by atoms with Crippen LogP contribution in [0.2, 0.25) is 0 Å². The van der Waals surface area contributed by atoms with Crippen LogP contribution in [0.5, 0.6) is 0 Å². The van der Waals surface area contributed by atoms with Gasteiger partial charge in [-0.2, -0.15) is 0 Å². The Morgan fingerprint density at radius 1 is 1.00 bits per heavy atom. The summed E-state index contributed by atoms with van der Waals surface area (Å²) in [5, 5.41) is 6.69. The maximum Gasteiger partial charge on any atom is 0.190 e. The summed E-state index contributed by atoms with van der Waals surface area (Å²) in [6.45, 7) is 6.67. The summed E-state index contributed by atoms with van der Waals surface area (Å²) in [5.41, 5.74) is 1.22. The van der Waals surface area contributed by atoms with Crippen LogP contribution >= 0.6 is 24.0 Å². The van der Waals surface area contributed by atoms with E-state index in [2.05, 4.69) is 27.8 Å². The van der Waals surface area contributed by atoms with Gasteiger partial charge < -0.3 is 24.8 Å². The molecule has 0 aromatic heterocycles. The van der Waals surface area contributed by atoms with E-state index in [1.54, 1.807) is 7.05 Å². The van der Waals surface area contributed by atoms with Gasteiger partial charge in [-0.25, -0.2) is 0 Å². The standard InChI is InChI=1S/C22H37N3O3.HI/c1-23-22(25-13-7-15-28-19-21-10-16-26-17-11-21)24-12-5-6-14-27-18-20-8-3-2-4-9-20;/h2-4,8-9,21H,5-7,10-19H2,1H3,(H2,23,24,25);1H. The van der Waals surface area contributed by atoms with Gasteiger partial charge in [0.25, 0.3) is 0 Å². The number of rotatable bonds is 13. The van der Waals surface area contributed by atoms with E-state index in [0.29, 0.717) is 12.5 Å². The fraction of sp³-hybridized carbons (Fsp3) is 0.682. The Kier molecular flexibility index (Phi) is 16.1. The van der Waals surface area contributed by atoms with Crippen LogP contribution in [-0.2, 0) is 20.8 Å². The van der Waals surface area contributed by atoms with Crippen molar-refractivity contribution in [2.24, 2.45) is 10.9 Å². The topological polar surface area (TPSA) is 64.1 Å². The van der Waals surface area contributed by atoms with Gasteiger partial charge in [0.2, 0.25) is 0 Å². The van der Waals surface area contributed by atoms with Crippen LogP contribution in [0.25, 0.3) is 0 Å². The van der Waals surface area contributed by atoms with Crippen molar-refractivity contribution >= 4 is 29.9 Å². The molecule has 2 N–H and O–H groups in total. The summed E-state index contributed by atoms with van der Waals surface area (Å²) in [6.07, 6.45) is 5.34. The third-order valence-corrected chi connectivity index (χ3v) is 4.80. The number of nitrogens with one attached hydrogen (secondary N) is 2. The molecule has 6 nitrogen and oxygen atoms in total. The molecule has 1 fully saturated rings. The van der Waals surface area contributed by atoms with Crippen molar-refractivity contribution in [1.82, 2.24) is 10.6 Å². The van der Waals surface area contributed by atoms with E-state index in [9.17, 15) is 0 Å². The van der Waals surface area contributed by atoms with Crippen LogP contribution in [0, 0.1) is 5.92 Å². The lowest BCUT2D eigenvalue weighted by molar-refractivity contribution is 0.0203. The molecule has 1 aliphatic rings. The van der Waals surface area contributed by atoms with Crippen molar-refractivity contribution in [2.45, 2.75) is 38.7 Å². The minimum absolute atomic E-state index is 0. The molecule has 0 aliphatic carbocycles. The number of aliphatic imine (C=N–C) groups is 1. The molecule has 1 aromatic carbocycles. The first-order valence-electron chi connectivity index (χ1n) is 10.6. The Balaban J connectivity index is 0.00000420. The molecule has 1 saturated heterocycles. The molecule has 0 amide bonds. The quantitative estimate of drug-likeness (QED) is 0.181. The first-order chi connectivity index (χ1) is 13.9. The molecule has 166 valence electrons. The Bertz CT molecular complexity index is 525. The maximum absolute atomic E-state index is 5.79. The number of halogens is 1. The second kappa shape index (κ2) is 17.9. The molecule has 1 aromatic rings. The number of nitrogens with zero attached hydrogens (tertiary/aromatic N) is 1. The van der Waals surface area contributed by atoms with E-state index in [-0.39, 0.29) is 24.0 Å². The van der Waals surface area contributed by atoms with Crippen LogP contribution in [0.3, 0.4) is 0 Å². The van der Waals surface area contributed by atoms with E-state index in [1.165, 1.54) is 5.56 Å². The zero-order valence-corrected chi connectivity index (χ0v) is 20.1. The predicted octanol–water partition coefficient (Wildman–Crippen LogP) is 3.60. The Hall–Kier alpha value is -0.900. The highest BCUT2D eigenvalue weighted by Crippen LogP contribution is 2.14. The fourth-order valence-electron chi connectivity index (χ4n) is 3.06. The second-order valence-electron chi connectivity index (χ2n) is 7.16. The van der Waals surface area contributed by atoms with Crippen molar-refractivity contribution in [1.29, 1.82) is 0 Å². The van der Waals surface area contributed by atoms with Gasteiger partial charge in [-0.3, -0.25) is 4.99 Å². The Morgan fingerprint density at radius 2 is 1.69 bits per heavy atom. The van der Waals surface area contributed by atoms with Crippen molar-refractivity contribution in [3.8, 4) is 0 Å². The first-order valence-corrected chi connectivity index (χ1v) is 10.6. The van der Waals surface area contributed by atoms with Gasteiger partial charge in [0.1, 0.15) is 0 Å². The van der Waals surface area contributed by atoms with Crippen LogP contribution in [0.15, 0.2) is 35.3 Å². The molecule has 29 heavy (non-hydrogen) atoms. The summed E-state index contributed by atoms with van der Waals surface area (Å²) >= 11 is 0. The van der Waals surface area contributed by atoms with Crippen molar-refractivity contribution in [3.05, 3.63) is 35.9 Å². The van der Waals surface area contributed by atoms with Crippen LogP contribution < -0.4 is 10.6 Å². The monoisotopic (exact) mass is 519 g/mol. The lowest BCUT2D eigenvalue weighted by atomic mass is 10.0. The molecule has 0 atom stereocenters.